The van der Waals surface area contributed by atoms with Crippen LogP contribution in [0.25, 0.3) is 0 Å². The summed E-state index contributed by atoms with van der Waals surface area (Å²) in [7, 11) is -0.330. The zero-order chi connectivity index (χ0) is 8.36. The standard InChI is InChI=1S/C9H20FP/c1-2-3-4-5-6-7-8-9-11-10/h11H,2-9H2,1H3. The number of hydrogen-bond acceptors (Lipinski definition) is 0. The molecule has 0 aliphatic rings. The Balaban J connectivity index is 2.69. The van der Waals surface area contributed by atoms with Crippen LogP contribution in [0.1, 0.15) is 51.9 Å². The summed E-state index contributed by atoms with van der Waals surface area (Å²) in [5.74, 6) is 0. The van der Waals surface area contributed by atoms with Gasteiger partial charge in [0, 0.05) is 0 Å². The summed E-state index contributed by atoms with van der Waals surface area (Å²) < 4.78 is 11.7. The molecule has 0 radical (unpaired) electrons. The summed E-state index contributed by atoms with van der Waals surface area (Å²) in [6.45, 7) is 2.23. The van der Waals surface area contributed by atoms with E-state index < -0.39 is 0 Å². The van der Waals surface area contributed by atoms with Crippen LogP contribution in [0.5, 0.6) is 0 Å². The molecule has 0 saturated heterocycles. The van der Waals surface area contributed by atoms with Gasteiger partial charge in [-0.3, -0.25) is 0 Å². The van der Waals surface area contributed by atoms with Crippen molar-refractivity contribution in [3.8, 4) is 0 Å². The van der Waals surface area contributed by atoms with Gasteiger partial charge in [-0.15, -0.1) is 0 Å². The van der Waals surface area contributed by atoms with Gasteiger partial charge in [0.2, 0.25) is 0 Å². The van der Waals surface area contributed by atoms with E-state index in [2.05, 4.69) is 6.92 Å². The van der Waals surface area contributed by atoms with Crippen LogP contribution in [0.3, 0.4) is 0 Å². The molecule has 0 nitrogen and oxygen atoms in total. The topological polar surface area (TPSA) is 0 Å². The zero-order valence-corrected chi connectivity index (χ0v) is 8.53. The van der Waals surface area contributed by atoms with Crippen LogP contribution in [0, 0.1) is 0 Å². The van der Waals surface area contributed by atoms with Crippen LogP contribution in [-0.2, 0) is 0 Å². The highest BCUT2D eigenvalue weighted by molar-refractivity contribution is 7.31. The van der Waals surface area contributed by atoms with Crippen LogP contribution in [-0.4, -0.2) is 6.16 Å². The first-order valence-electron chi connectivity index (χ1n) is 4.75. The fourth-order valence-corrected chi connectivity index (χ4v) is 1.53. The van der Waals surface area contributed by atoms with E-state index in [0.29, 0.717) is 0 Å². The normalized spacial score (nSPS) is 11.5. The molecule has 1 unspecified atom stereocenters. The second kappa shape index (κ2) is 10.4. The summed E-state index contributed by atoms with van der Waals surface area (Å²) in [4.78, 5) is 0. The van der Waals surface area contributed by atoms with E-state index in [-0.39, 0.29) is 8.89 Å². The van der Waals surface area contributed by atoms with Crippen LogP contribution in [0.2, 0.25) is 0 Å². The number of rotatable bonds is 8. The lowest BCUT2D eigenvalue weighted by molar-refractivity contribution is 0.602. The first-order valence-corrected chi connectivity index (χ1v) is 5.83. The average Bonchev–Trinajstić information content (AvgIpc) is 2.03. The summed E-state index contributed by atoms with van der Waals surface area (Å²) in [5, 5.41) is 0. The van der Waals surface area contributed by atoms with Gasteiger partial charge in [-0.2, -0.15) is 0 Å². The predicted octanol–water partition coefficient (Wildman–Crippen LogP) is 4.30. The van der Waals surface area contributed by atoms with E-state index in [9.17, 15) is 4.20 Å². The Hall–Kier alpha value is 0.360. The molecule has 0 heterocycles. The number of unbranched alkanes of at least 4 members (excludes halogenated alkanes) is 6. The van der Waals surface area contributed by atoms with Crippen molar-refractivity contribution in [3.05, 3.63) is 0 Å². The van der Waals surface area contributed by atoms with E-state index in [1.807, 2.05) is 0 Å². The third-order valence-electron chi connectivity index (χ3n) is 1.87. The molecule has 2 heteroatoms. The predicted molar refractivity (Wildman–Crippen MR) is 52.3 cm³/mol. The van der Waals surface area contributed by atoms with Crippen LogP contribution in [0.4, 0.5) is 4.20 Å². The van der Waals surface area contributed by atoms with Crippen molar-refractivity contribution in [2.75, 3.05) is 6.16 Å². The lowest BCUT2D eigenvalue weighted by Crippen LogP contribution is -1.80. The molecule has 0 spiro atoms. The zero-order valence-electron chi connectivity index (χ0n) is 7.53. The Morgan fingerprint density at radius 2 is 1.45 bits per heavy atom. The Bertz CT molecular complexity index is 58.6. The maximum atomic E-state index is 11.7. The van der Waals surface area contributed by atoms with Gasteiger partial charge in [0.25, 0.3) is 0 Å². The van der Waals surface area contributed by atoms with Gasteiger partial charge < -0.3 is 0 Å². The van der Waals surface area contributed by atoms with Gasteiger partial charge in [0.15, 0.2) is 0 Å². The smallest absolute Gasteiger partial charge is 0.0670 e. The molecule has 0 rings (SSSR count). The summed E-state index contributed by atoms with van der Waals surface area (Å²) in [5.41, 5.74) is 0. The van der Waals surface area contributed by atoms with E-state index in [4.69, 9.17) is 0 Å². The minimum Gasteiger partial charge on any atom is -0.231 e. The van der Waals surface area contributed by atoms with E-state index in [1.165, 1.54) is 38.5 Å². The van der Waals surface area contributed by atoms with Crippen LogP contribution >= 0.6 is 8.89 Å². The highest BCUT2D eigenvalue weighted by Gasteiger charge is 1.89. The molecule has 68 valence electrons. The van der Waals surface area contributed by atoms with Crippen molar-refractivity contribution in [1.82, 2.24) is 0 Å². The largest absolute Gasteiger partial charge is 0.231 e. The van der Waals surface area contributed by atoms with Crippen LogP contribution < -0.4 is 0 Å². The Kier molecular flexibility index (Phi) is 10.7. The minimum absolute atomic E-state index is 0.330. The monoisotopic (exact) mass is 178 g/mol. The van der Waals surface area contributed by atoms with Gasteiger partial charge in [0.05, 0.1) is 8.89 Å². The Morgan fingerprint density at radius 1 is 0.909 bits per heavy atom. The van der Waals surface area contributed by atoms with Gasteiger partial charge >= 0.3 is 0 Å². The summed E-state index contributed by atoms with van der Waals surface area (Å²) in [6, 6.07) is 0. The van der Waals surface area contributed by atoms with Crippen LogP contribution in [0.15, 0.2) is 0 Å². The molecule has 0 bridgehead atoms. The fourth-order valence-electron chi connectivity index (χ4n) is 1.15. The van der Waals surface area contributed by atoms with Crippen molar-refractivity contribution in [2.45, 2.75) is 51.9 Å². The Labute approximate surface area is 71.9 Å². The molecule has 11 heavy (non-hydrogen) atoms. The van der Waals surface area contributed by atoms with Gasteiger partial charge in [-0.05, 0) is 12.6 Å². The third kappa shape index (κ3) is 10.4. The summed E-state index contributed by atoms with van der Waals surface area (Å²) in [6.07, 6.45) is 9.84. The molecular formula is C9H20FP. The van der Waals surface area contributed by atoms with Crippen molar-refractivity contribution >= 4 is 8.89 Å². The van der Waals surface area contributed by atoms with Crippen molar-refractivity contribution < 1.29 is 4.20 Å². The quantitative estimate of drug-likeness (QED) is 0.384. The Morgan fingerprint density at radius 3 is 2.00 bits per heavy atom. The van der Waals surface area contributed by atoms with Crippen molar-refractivity contribution in [2.24, 2.45) is 0 Å². The highest BCUT2D eigenvalue weighted by atomic mass is 31.1. The highest BCUT2D eigenvalue weighted by Crippen LogP contribution is 2.14. The van der Waals surface area contributed by atoms with Crippen molar-refractivity contribution in [1.29, 1.82) is 0 Å². The van der Waals surface area contributed by atoms with Crippen molar-refractivity contribution in [3.63, 3.8) is 0 Å². The molecule has 0 aliphatic heterocycles. The molecule has 0 fully saturated rings. The second-order valence-electron chi connectivity index (χ2n) is 3.00. The maximum absolute atomic E-state index is 11.7. The van der Waals surface area contributed by atoms with Gasteiger partial charge in [0.1, 0.15) is 0 Å². The molecular weight excluding hydrogens is 158 g/mol. The average molecular weight is 178 g/mol. The third-order valence-corrected chi connectivity index (χ3v) is 2.42. The number of halogens is 1. The lowest BCUT2D eigenvalue weighted by atomic mass is 10.1. The second-order valence-corrected chi connectivity index (χ2v) is 3.77. The first kappa shape index (κ1) is 11.4. The van der Waals surface area contributed by atoms with E-state index in [1.54, 1.807) is 0 Å². The molecule has 0 aromatic heterocycles. The molecule has 0 N–H and O–H groups in total. The maximum Gasteiger partial charge on any atom is 0.0670 e. The molecule has 1 atom stereocenters. The molecule has 0 saturated carbocycles. The van der Waals surface area contributed by atoms with E-state index >= 15 is 0 Å². The first-order chi connectivity index (χ1) is 5.41. The number of hydrogen-bond donors (Lipinski definition) is 0. The molecule has 0 aliphatic carbocycles. The molecule has 0 aromatic rings. The lowest BCUT2D eigenvalue weighted by Gasteiger charge is -1.98. The minimum atomic E-state index is -0.330. The molecule has 0 aromatic carbocycles. The van der Waals surface area contributed by atoms with Gasteiger partial charge in [-0.25, -0.2) is 4.20 Å². The fraction of sp³-hybridized carbons (Fsp3) is 1.00. The SMILES string of the molecule is CCCCCCCCCPF. The molecule has 0 amide bonds. The summed E-state index contributed by atoms with van der Waals surface area (Å²) >= 11 is 0. The van der Waals surface area contributed by atoms with E-state index in [0.717, 1.165) is 12.6 Å². The van der Waals surface area contributed by atoms with Gasteiger partial charge in [-0.1, -0.05) is 45.4 Å².